The number of rotatable bonds is 3. The van der Waals surface area contributed by atoms with Gasteiger partial charge in [0.05, 0.1) is 56.2 Å². The van der Waals surface area contributed by atoms with Gasteiger partial charge in [0, 0.05) is 48.8 Å². The van der Waals surface area contributed by atoms with E-state index in [0.29, 0.717) is 0 Å². The zero-order valence-electron chi connectivity index (χ0n) is 41.4. The Hall–Kier alpha value is -9.55. The van der Waals surface area contributed by atoms with Crippen LogP contribution in [-0.4, -0.2) is 19.1 Å². The lowest BCUT2D eigenvalue weighted by atomic mass is 9.66. The third-order valence-electron chi connectivity index (χ3n) is 17.7. The van der Waals surface area contributed by atoms with Gasteiger partial charge in [0.15, 0.2) is 0 Å². The van der Waals surface area contributed by atoms with Crippen LogP contribution in [0, 0.1) is 0 Å². The Morgan fingerprint density at radius 1 is 0.299 bits per heavy atom. The maximum absolute atomic E-state index is 5.53. The molecule has 0 bridgehead atoms. The van der Waals surface area contributed by atoms with Gasteiger partial charge in [-0.2, -0.15) is 0 Å². The zero-order valence-corrected chi connectivity index (χ0v) is 42.3. The molecule has 356 valence electrons. The van der Waals surface area contributed by atoms with E-state index in [1.807, 2.05) is 18.0 Å². The predicted molar refractivity (Wildman–Crippen MR) is 314 cm³/mol. The quantitative estimate of drug-likeness (QED) is 0.177. The first-order valence-corrected chi connectivity index (χ1v) is 27.4. The first kappa shape index (κ1) is 41.8. The Balaban J connectivity index is 0.857. The van der Waals surface area contributed by atoms with Gasteiger partial charge in [0.25, 0.3) is 0 Å². The van der Waals surface area contributed by atoms with E-state index in [-0.39, 0.29) is 0 Å². The molecule has 3 aliphatic carbocycles. The number of para-hydroxylation sites is 3. The fourth-order valence-electron chi connectivity index (χ4n) is 14.7. The molecule has 10 aromatic carbocycles. The van der Waals surface area contributed by atoms with E-state index >= 15 is 0 Å². The largest absolute Gasteiger partial charge is 0.309 e. The van der Waals surface area contributed by atoms with Crippen molar-refractivity contribution in [3.8, 4) is 56.1 Å². The molecule has 77 heavy (non-hydrogen) atoms. The van der Waals surface area contributed by atoms with E-state index in [0.717, 1.165) is 39.4 Å². The van der Waals surface area contributed by atoms with Crippen LogP contribution in [0.5, 0.6) is 0 Å². The van der Waals surface area contributed by atoms with Crippen LogP contribution in [0.25, 0.3) is 99.8 Å². The van der Waals surface area contributed by atoms with Gasteiger partial charge < -0.3 is 9.13 Å². The van der Waals surface area contributed by atoms with Crippen molar-refractivity contribution in [2.24, 2.45) is 0 Å². The highest BCUT2D eigenvalue weighted by Gasteiger charge is 2.56. The van der Waals surface area contributed by atoms with Crippen molar-refractivity contribution in [2.45, 2.75) is 20.6 Å². The summed E-state index contributed by atoms with van der Waals surface area (Å²) in [7, 11) is 0. The first-order chi connectivity index (χ1) is 38.2. The van der Waals surface area contributed by atoms with Gasteiger partial charge in [0.1, 0.15) is 0 Å². The molecule has 1 unspecified atom stereocenters. The molecule has 5 heteroatoms. The second kappa shape index (κ2) is 15.1. The summed E-state index contributed by atoms with van der Waals surface area (Å²) in [6.45, 7) is 0. The first-order valence-electron chi connectivity index (χ1n) is 26.5. The summed E-state index contributed by atoms with van der Waals surface area (Å²) in [5.74, 6) is 0. The molecule has 0 radical (unpaired) electrons. The van der Waals surface area contributed by atoms with E-state index in [2.05, 4.69) is 258 Å². The van der Waals surface area contributed by atoms with Crippen LogP contribution < -0.4 is 0 Å². The summed E-state index contributed by atoms with van der Waals surface area (Å²) >= 11 is 1.90. The van der Waals surface area contributed by atoms with Crippen molar-refractivity contribution < 1.29 is 0 Å². The van der Waals surface area contributed by atoms with Crippen molar-refractivity contribution in [3.05, 3.63) is 300 Å². The van der Waals surface area contributed by atoms with Crippen LogP contribution in [0.15, 0.2) is 265 Å². The molecular formula is C72H42N4S. The van der Waals surface area contributed by atoms with Crippen molar-refractivity contribution >= 4 is 55.4 Å². The van der Waals surface area contributed by atoms with Gasteiger partial charge in [0.2, 0.25) is 0 Å². The van der Waals surface area contributed by atoms with Crippen molar-refractivity contribution in [2.75, 3.05) is 0 Å². The maximum Gasteiger partial charge on any atom is 0.0939 e. The summed E-state index contributed by atoms with van der Waals surface area (Å²) in [6, 6.07) is 90.7. The molecular weight excluding hydrogens is 953 g/mol. The third kappa shape index (κ3) is 5.20. The lowest BCUT2D eigenvalue weighted by Gasteiger charge is -2.40. The van der Waals surface area contributed by atoms with Crippen LogP contribution >= 0.6 is 11.8 Å². The van der Waals surface area contributed by atoms with Gasteiger partial charge in [-0.15, -0.1) is 0 Å². The van der Waals surface area contributed by atoms with Gasteiger partial charge in [-0.3, -0.25) is 9.97 Å². The zero-order chi connectivity index (χ0) is 50.1. The van der Waals surface area contributed by atoms with E-state index in [9.17, 15) is 0 Å². The van der Waals surface area contributed by atoms with Gasteiger partial charge in [-0.1, -0.05) is 176 Å². The van der Waals surface area contributed by atoms with Crippen molar-refractivity contribution in [1.82, 2.24) is 19.1 Å². The topological polar surface area (TPSA) is 35.6 Å². The molecule has 0 N–H and O–H groups in total. The second-order valence-electron chi connectivity index (χ2n) is 21.1. The predicted octanol–water partition coefficient (Wildman–Crippen LogP) is 17.5. The highest BCUT2D eigenvalue weighted by atomic mass is 32.2. The molecule has 4 aromatic heterocycles. The van der Waals surface area contributed by atoms with E-state index in [1.165, 1.54) is 115 Å². The minimum atomic E-state index is -0.710. The molecule has 14 aromatic rings. The second-order valence-corrected chi connectivity index (χ2v) is 22.2. The minimum Gasteiger partial charge on any atom is -0.309 e. The number of pyridine rings is 2. The fourth-order valence-corrected chi connectivity index (χ4v) is 15.9. The number of benzene rings is 10. The molecule has 1 atom stereocenters. The van der Waals surface area contributed by atoms with Crippen LogP contribution in [0.4, 0.5) is 0 Å². The molecule has 0 saturated carbocycles. The number of fused-ring (bicyclic) bond motifs is 25. The SMILES string of the molecule is c1ccc(-n2c3ccccc3c3cc(-c4ccc5c(c4)c4ccccc4n5-c4cnc5c(c4)C4(c6ccccc6Sc6cc7c(cc64)-c4ccccc4C74c6ccccc6-c6ccccc64)c4cccnc4-5)ccc32)cc1. The summed E-state index contributed by atoms with van der Waals surface area (Å²) in [4.78, 5) is 13.3. The summed E-state index contributed by atoms with van der Waals surface area (Å²) in [5, 5.41) is 4.89. The standard InChI is InChI=1S/C72H42N4S/c1-2-17-45(18-3-1)75-63-29-13-7-22-50(63)53-37-43(32-34-65(53)75)44-33-35-66-54(38-44)51-23-8-14-30-64(51)76(66)46-39-62-70(74-42-46)69-59(28-16-36-73-69)72(62)58-27-12-15-31-67(58)77-68-41-60-52(40-61(68)72)49-21-6-11-26-57(49)71(60)55-24-9-4-19-47(55)48-20-5-10-25-56(48)71/h1-42H. The molecule has 0 fully saturated rings. The molecule has 0 amide bonds. The summed E-state index contributed by atoms with van der Waals surface area (Å²) < 4.78 is 4.82. The van der Waals surface area contributed by atoms with E-state index in [4.69, 9.17) is 9.97 Å². The average molecular weight is 995 g/mol. The van der Waals surface area contributed by atoms with Crippen LogP contribution in [-0.2, 0) is 10.8 Å². The third-order valence-corrected chi connectivity index (χ3v) is 18.8. The van der Waals surface area contributed by atoms with Crippen molar-refractivity contribution in [1.29, 1.82) is 0 Å². The Bertz CT molecular complexity index is 4880. The van der Waals surface area contributed by atoms with Crippen LogP contribution in [0.3, 0.4) is 0 Å². The molecule has 4 aliphatic rings. The Morgan fingerprint density at radius 2 is 0.805 bits per heavy atom. The Kier molecular flexibility index (Phi) is 8.17. The normalized spacial score (nSPS) is 15.6. The minimum absolute atomic E-state index is 0.452. The average Bonchev–Trinajstić information content (AvgIpc) is 3.93. The molecule has 18 rings (SSSR count). The molecule has 2 spiro atoms. The summed E-state index contributed by atoms with van der Waals surface area (Å²) in [5.41, 5.74) is 25.4. The van der Waals surface area contributed by atoms with E-state index < -0.39 is 10.8 Å². The molecule has 5 heterocycles. The monoisotopic (exact) mass is 994 g/mol. The molecule has 4 nitrogen and oxygen atoms in total. The smallest absolute Gasteiger partial charge is 0.0939 e. The highest BCUT2D eigenvalue weighted by Crippen LogP contribution is 2.67. The van der Waals surface area contributed by atoms with E-state index in [1.54, 1.807) is 0 Å². The van der Waals surface area contributed by atoms with Gasteiger partial charge >= 0.3 is 0 Å². The van der Waals surface area contributed by atoms with Crippen molar-refractivity contribution in [3.63, 3.8) is 0 Å². The molecule has 1 aliphatic heterocycles. The lowest BCUT2D eigenvalue weighted by Crippen LogP contribution is -2.33. The number of hydrogen-bond donors (Lipinski definition) is 0. The van der Waals surface area contributed by atoms with Crippen LogP contribution in [0.1, 0.15) is 44.5 Å². The number of nitrogens with zero attached hydrogens (tertiary/aromatic N) is 4. The fraction of sp³-hybridized carbons (Fsp3) is 0.0278. The number of hydrogen-bond acceptors (Lipinski definition) is 3. The Labute approximate surface area is 448 Å². The summed E-state index contributed by atoms with van der Waals surface area (Å²) in [6.07, 6.45) is 4.01. The lowest BCUT2D eigenvalue weighted by molar-refractivity contribution is 0.714. The Morgan fingerprint density at radius 3 is 1.47 bits per heavy atom. The maximum atomic E-state index is 5.53. The number of aromatic nitrogens is 4. The van der Waals surface area contributed by atoms with Gasteiger partial charge in [-0.05, 0) is 151 Å². The highest BCUT2D eigenvalue weighted by molar-refractivity contribution is 7.99. The molecule has 0 saturated heterocycles. The van der Waals surface area contributed by atoms with Crippen LogP contribution in [0.2, 0.25) is 0 Å². The van der Waals surface area contributed by atoms with Gasteiger partial charge in [-0.25, -0.2) is 0 Å².